The highest BCUT2D eigenvalue weighted by Crippen LogP contribution is 2.73. The number of esters is 4. The minimum absolute atomic E-state index is 0.0129. The van der Waals surface area contributed by atoms with Crippen LogP contribution >= 0.6 is 0 Å². The second-order valence-electron chi connectivity index (χ2n) is 12.7. The molecule has 3 aliphatic carbocycles. The Bertz CT molecular complexity index is 1150. The van der Waals surface area contributed by atoms with Crippen LogP contribution in [0.5, 0.6) is 0 Å². The molecule has 222 valence electrons. The summed E-state index contributed by atoms with van der Waals surface area (Å²) in [5.41, 5.74) is -2.81. The quantitative estimate of drug-likeness (QED) is 0.283. The third-order valence-corrected chi connectivity index (χ3v) is 10.7. The molecule has 5 unspecified atom stereocenters. The van der Waals surface area contributed by atoms with Crippen molar-refractivity contribution in [1.82, 2.24) is 0 Å². The van der Waals surface area contributed by atoms with Crippen LogP contribution in [0.15, 0.2) is 11.6 Å². The third-order valence-electron chi connectivity index (χ3n) is 10.7. The molecule has 0 radical (unpaired) electrons. The van der Waals surface area contributed by atoms with Gasteiger partial charge in [0.05, 0.1) is 24.5 Å². The molecular formula is C29H40O11. The smallest absolute Gasteiger partial charge is 0.348 e. The van der Waals surface area contributed by atoms with Crippen LogP contribution in [0.3, 0.4) is 0 Å². The van der Waals surface area contributed by atoms with Gasteiger partial charge < -0.3 is 33.9 Å². The SMILES string of the molecule is CCC(C)C(=O)O[C@H]1C(=O)OC2CC3C(C)=C[C@H](OC(C)=O)[C@@H](O)[C@]3(C)C3[C@@H](O)[C@@H](OC(C)=O)[C@@]4(C)OC[C@@]23C14. The fourth-order valence-corrected chi connectivity index (χ4v) is 8.86. The average Bonchev–Trinajstić information content (AvgIpc) is 3.13. The van der Waals surface area contributed by atoms with Gasteiger partial charge in [-0.2, -0.15) is 0 Å². The lowest BCUT2D eigenvalue weighted by Gasteiger charge is -2.68. The van der Waals surface area contributed by atoms with Gasteiger partial charge in [-0.05, 0) is 38.7 Å². The summed E-state index contributed by atoms with van der Waals surface area (Å²) in [7, 11) is 0. The first-order chi connectivity index (χ1) is 18.6. The number of hydrogen-bond donors (Lipinski definition) is 2. The number of aliphatic hydroxyl groups excluding tert-OH is 2. The Morgan fingerprint density at radius 2 is 1.75 bits per heavy atom. The van der Waals surface area contributed by atoms with Crippen LogP contribution in [0.25, 0.3) is 0 Å². The second-order valence-corrected chi connectivity index (χ2v) is 12.7. The van der Waals surface area contributed by atoms with E-state index in [2.05, 4.69) is 0 Å². The Labute approximate surface area is 233 Å². The van der Waals surface area contributed by atoms with Gasteiger partial charge in [-0.25, -0.2) is 4.79 Å². The molecule has 0 aromatic carbocycles. The second kappa shape index (κ2) is 9.52. The van der Waals surface area contributed by atoms with Crippen molar-refractivity contribution in [3.05, 3.63) is 11.6 Å². The van der Waals surface area contributed by atoms with E-state index in [0.717, 1.165) is 5.57 Å². The first-order valence-electron chi connectivity index (χ1n) is 14.1. The van der Waals surface area contributed by atoms with Crippen molar-refractivity contribution in [2.24, 2.45) is 34.5 Å². The topological polar surface area (TPSA) is 155 Å². The molecule has 0 amide bonds. The predicted octanol–water partition coefficient (Wildman–Crippen LogP) is 1.46. The maximum atomic E-state index is 13.6. The minimum Gasteiger partial charge on any atom is -0.459 e. The lowest BCUT2D eigenvalue weighted by Crippen LogP contribution is -2.79. The van der Waals surface area contributed by atoms with Crippen LogP contribution in [0.2, 0.25) is 0 Å². The molecule has 0 aromatic rings. The summed E-state index contributed by atoms with van der Waals surface area (Å²) >= 11 is 0. The number of rotatable bonds is 5. The molecule has 1 spiro atoms. The van der Waals surface area contributed by atoms with E-state index in [0.29, 0.717) is 12.8 Å². The number of ether oxygens (including phenoxy) is 5. The molecule has 40 heavy (non-hydrogen) atoms. The van der Waals surface area contributed by atoms with Crippen molar-refractivity contribution >= 4 is 23.9 Å². The van der Waals surface area contributed by atoms with E-state index >= 15 is 0 Å². The van der Waals surface area contributed by atoms with Crippen LogP contribution < -0.4 is 0 Å². The van der Waals surface area contributed by atoms with Crippen LogP contribution in [0.4, 0.5) is 0 Å². The Hall–Kier alpha value is -2.50. The number of allylic oxidation sites excluding steroid dienone is 1. The molecule has 4 fully saturated rings. The largest absolute Gasteiger partial charge is 0.459 e. The van der Waals surface area contributed by atoms with Crippen LogP contribution in [-0.4, -0.2) is 82.9 Å². The molecule has 2 N–H and O–H groups in total. The zero-order valence-corrected chi connectivity index (χ0v) is 24.0. The summed E-state index contributed by atoms with van der Waals surface area (Å²) in [5.74, 6) is -5.07. The summed E-state index contributed by atoms with van der Waals surface area (Å²) in [6, 6.07) is 0. The Morgan fingerprint density at radius 1 is 1.10 bits per heavy atom. The maximum absolute atomic E-state index is 13.6. The zero-order valence-electron chi connectivity index (χ0n) is 24.0. The molecule has 11 heteroatoms. The van der Waals surface area contributed by atoms with Crippen molar-refractivity contribution in [3.63, 3.8) is 0 Å². The van der Waals surface area contributed by atoms with E-state index < -0.39 is 94.7 Å². The summed E-state index contributed by atoms with van der Waals surface area (Å²) in [4.78, 5) is 50.8. The molecule has 5 rings (SSSR count). The minimum atomic E-state index is -1.40. The number of carbonyl (C=O) groups is 4. The number of aliphatic hydroxyl groups is 2. The number of carbonyl (C=O) groups excluding carboxylic acids is 4. The first kappa shape index (κ1) is 29.0. The van der Waals surface area contributed by atoms with Crippen molar-refractivity contribution < 1.29 is 53.1 Å². The maximum Gasteiger partial charge on any atom is 0.348 e. The van der Waals surface area contributed by atoms with E-state index in [9.17, 15) is 29.4 Å². The zero-order chi connectivity index (χ0) is 29.5. The summed E-state index contributed by atoms with van der Waals surface area (Å²) < 4.78 is 29.5. The lowest BCUT2D eigenvalue weighted by molar-refractivity contribution is -0.305. The Balaban J connectivity index is 1.71. The van der Waals surface area contributed by atoms with Gasteiger partial charge in [0.2, 0.25) is 6.10 Å². The van der Waals surface area contributed by atoms with Crippen molar-refractivity contribution in [2.45, 2.75) is 104 Å². The molecule has 2 aliphatic heterocycles. The van der Waals surface area contributed by atoms with E-state index in [1.165, 1.54) is 13.8 Å². The molecule has 2 saturated carbocycles. The van der Waals surface area contributed by atoms with Gasteiger partial charge in [0.1, 0.15) is 23.9 Å². The standard InChI is InChI=1S/C29H40O11/c1-8-12(2)25(34)40-20-22-28(7)24(38-15(5)31)19(32)21-27(6)16(13(3)9-17(23(27)33)37-14(4)30)10-18(39-26(20)35)29(21,22)11-36-28/h9,12,16-24,32-33H,8,10-11H2,1-7H3/t12?,16?,17-,18?,19+,20+,21?,22?,23+,24+,27-,28-,29+/m0/s1. The van der Waals surface area contributed by atoms with Gasteiger partial charge in [0.15, 0.2) is 6.10 Å². The highest BCUT2D eigenvalue weighted by atomic mass is 16.6. The van der Waals surface area contributed by atoms with Crippen molar-refractivity contribution in [3.8, 4) is 0 Å². The molecular weight excluding hydrogens is 524 g/mol. The van der Waals surface area contributed by atoms with Gasteiger partial charge in [-0.1, -0.05) is 26.3 Å². The van der Waals surface area contributed by atoms with Crippen LogP contribution in [0, 0.1) is 34.5 Å². The monoisotopic (exact) mass is 564 g/mol. The van der Waals surface area contributed by atoms with Crippen molar-refractivity contribution in [2.75, 3.05) is 6.61 Å². The lowest BCUT2D eigenvalue weighted by atomic mass is 9.38. The van der Waals surface area contributed by atoms with E-state index in [4.69, 9.17) is 23.7 Å². The third kappa shape index (κ3) is 3.73. The fourth-order valence-electron chi connectivity index (χ4n) is 8.86. The van der Waals surface area contributed by atoms with Gasteiger partial charge in [0, 0.05) is 30.6 Å². The first-order valence-corrected chi connectivity index (χ1v) is 14.1. The fraction of sp³-hybridized carbons (Fsp3) is 0.793. The highest BCUT2D eigenvalue weighted by molar-refractivity contribution is 5.82. The molecule has 11 nitrogen and oxygen atoms in total. The van der Waals surface area contributed by atoms with Crippen LogP contribution in [0.1, 0.15) is 61.3 Å². The van der Waals surface area contributed by atoms with Crippen molar-refractivity contribution in [1.29, 1.82) is 0 Å². The molecule has 2 saturated heterocycles. The van der Waals surface area contributed by atoms with E-state index in [-0.39, 0.29) is 12.5 Å². The van der Waals surface area contributed by atoms with Gasteiger partial charge in [-0.3, -0.25) is 14.4 Å². The summed E-state index contributed by atoms with van der Waals surface area (Å²) in [5, 5.41) is 24.0. The Kier molecular flexibility index (Phi) is 6.91. The number of fused-ring (bicyclic) bond motifs is 2. The van der Waals surface area contributed by atoms with E-state index in [1.54, 1.807) is 19.9 Å². The number of hydrogen-bond acceptors (Lipinski definition) is 11. The summed E-state index contributed by atoms with van der Waals surface area (Å²) in [6.45, 7) is 11.4. The normalized spacial score (nSPS) is 47.6. The Morgan fingerprint density at radius 3 is 2.35 bits per heavy atom. The molecule has 2 bridgehead atoms. The highest BCUT2D eigenvalue weighted by Gasteiger charge is 2.83. The van der Waals surface area contributed by atoms with Gasteiger partial charge >= 0.3 is 23.9 Å². The van der Waals surface area contributed by atoms with Crippen LogP contribution in [-0.2, 0) is 42.9 Å². The summed E-state index contributed by atoms with van der Waals surface area (Å²) in [6.07, 6.45) is -4.41. The predicted molar refractivity (Wildman–Crippen MR) is 136 cm³/mol. The van der Waals surface area contributed by atoms with E-state index in [1.807, 2.05) is 20.8 Å². The molecule has 0 aromatic heterocycles. The molecule has 5 aliphatic rings. The molecule has 13 atom stereocenters. The average molecular weight is 565 g/mol. The van der Waals surface area contributed by atoms with Gasteiger partial charge in [0.25, 0.3) is 0 Å². The van der Waals surface area contributed by atoms with Gasteiger partial charge in [-0.15, -0.1) is 0 Å². The molecule has 2 heterocycles.